The first-order valence-corrected chi connectivity index (χ1v) is 5.52. The van der Waals surface area contributed by atoms with E-state index in [1.165, 1.54) is 28.1 Å². The number of hydrogen-bond acceptors (Lipinski definition) is 6. The monoisotopic (exact) mass is 260 g/mol. The molecule has 0 saturated heterocycles. The minimum atomic E-state index is -0.940. The lowest BCUT2D eigenvalue weighted by atomic mass is 10.3. The SMILES string of the molecule is C=C(C)C(=O)OC(C)OC(=O)CCC(OC)OC. The van der Waals surface area contributed by atoms with E-state index < -0.39 is 24.5 Å². The van der Waals surface area contributed by atoms with Crippen molar-refractivity contribution in [2.75, 3.05) is 14.2 Å². The highest BCUT2D eigenvalue weighted by atomic mass is 16.7. The number of carbonyl (C=O) groups excluding carboxylic acids is 2. The molecule has 0 aliphatic heterocycles. The van der Waals surface area contributed by atoms with Gasteiger partial charge in [0.15, 0.2) is 6.29 Å². The lowest BCUT2D eigenvalue weighted by Gasteiger charge is -2.15. The largest absolute Gasteiger partial charge is 0.425 e. The van der Waals surface area contributed by atoms with E-state index in [-0.39, 0.29) is 12.0 Å². The van der Waals surface area contributed by atoms with Gasteiger partial charge in [0, 0.05) is 33.1 Å². The van der Waals surface area contributed by atoms with E-state index in [2.05, 4.69) is 6.58 Å². The van der Waals surface area contributed by atoms with Crippen LogP contribution >= 0.6 is 0 Å². The Morgan fingerprint density at radius 3 is 2.17 bits per heavy atom. The van der Waals surface area contributed by atoms with Gasteiger partial charge in [0.2, 0.25) is 6.29 Å². The van der Waals surface area contributed by atoms with Crippen molar-refractivity contribution >= 4 is 11.9 Å². The Balaban J connectivity index is 3.94. The molecule has 6 nitrogen and oxygen atoms in total. The Bertz CT molecular complexity index is 295. The van der Waals surface area contributed by atoms with Crippen molar-refractivity contribution in [1.82, 2.24) is 0 Å². The van der Waals surface area contributed by atoms with Gasteiger partial charge in [-0.05, 0) is 6.92 Å². The van der Waals surface area contributed by atoms with Crippen molar-refractivity contribution in [2.45, 2.75) is 39.3 Å². The van der Waals surface area contributed by atoms with Crippen LogP contribution in [0.1, 0.15) is 26.7 Å². The first kappa shape index (κ1) is 16.6. The molecule has 1 atom stereocenters. The summed E-state index contributed by atoms with van der Waals surface area (Å²) in [7, 11) is 2.97. The predicted octanol–water partition coefficient (Wildman–Crippen LogP) is 1.39. The van der Waals surface area contributed by atoms with E-state index in [0.717, 1.165) is 0 Å². The molecule has 0 amide bonds. The van der Waals surface area contributed by atoms with Crippen molar-refractivity contribution in [2.24, 2.45) is 0 Å². The van der Waals surface area contributed by atoms with Crippen LogP contribution in [-0.4, -0.2) is 38.7 Å². The average Bonchev–Trinajstić information content (AvgIpc) is 2.29. The molecule has 6 heteroatoms. The lowest BCUT2D eigenvalue weighted by molar-refractivity contribution is -0.183. The van der Waals surface area contributed by atoms with Crippen molar-refractivity contribution in [3.05, 3.63) is 12.2 Å². The van der Waals surface area contributed by atoms with E-state index in [9.17, 15) is 9.59 Å². The van der Waals surface area contributed by atoms with E-state index in [1.54, 1.807) is 0 Å². The van der Waals surface area contributed by atoms with Crippen LogP contribution in [0.25, 0.3) is 0 Å². The quantitative estimate of drug-likeness (QED) is 0.373. The lowest BCUT2D eigenvalue weighted by Crippen LogP contribution is -2.23. The second-order valence-electron chi connectivity index (χ2n) is 3.68. The predicted molar refractivity (Wildman–Crippen MR) is 63.5 cm³/mol. The molecule has 0 radical (unpaired) electrons. The van der Waals surface area contributed by atoms with Gasteiger partial charge in [-0.1, -0.05) is 6.58 Å². The van der Waals surface area contributed by atoms with Crippen molar-refractivity contribution in [3.63, 3.8) is 0 Å². The number of ether oxygens (including phenoxy) is 4. The second-order valence-corrected chi connectivity index (χ2v) is 3.68. The first-order chi connectivity index (χ1) is 8.40. The van der Waals surface area contributed by atoms with E-state index in [4.69, 9.17) is 18.9 Å². The molecule has 0 N–H and O–H groups in total. The highest BCUT2D eigenvalue weighted by molar-refractivity contribution is 5.87. The fraction of sp³-hybridized carbons (Fsp3) is 0.667. The third-order valence-corrected chi connectivity index (χ3v) is 2.03. The third-order valence-electron chi connectivity index (χ3n) is 2.03. The summed E-state index contributed by atoms with van der Waals surface area (Å²) in [6.07, 6.45) is -0.912. The van der Waals surface area contributed by atoms with Crippen LogP contribution in [0, 0.1) is 0 Å². The zero-order valence-electron chi connectivity index (χ0n) is 11.2. The van der Waals surface area contributed by atoms with Gasteiger partial charge in [-0.15, -0.1) is 0 Å². The molecule has 1 unspecified atom stereocenters. The van der Waals surface area contributed by atoms with Crippen molar-refractivity contribution in [3.8, 4) is 0 Å². The molecule has 18 heavy (non-hydrogen) atoms. The summed E-state index contributed by atoms with van der Waals surface area (Å²) in [4.78, 5) is 22.5. The van der Waals surface area contributed by atoms with Gasteiger partial charge in [0.05, 0.1) is 6.42 Å². The number of methoxy groups -OCH3 is 2. The van der Waals surface area contributed by atoms with Crippen molar-refractivity contribution < 1.29 is 28.5 Å². The van der Waals surface area contributed by atoms with Gasteiger partial charge in [-0.3, -0.25) is 4.79 Å². The van der Waals surface area contributed by atoms with Gasteiger partial charge >= 0.3 is 11.9 Å². The van der Waals surface area contributed by atoms with Crippen LogP contribution in [0.15, 0.2) is 12.2 Å². The number of carbonyl (C=O) groups is 2. The smallest absolute Gasteiger partial charge is 0.336 e. The molecular weight excluding hydrogens is 240 g/mol. The van der Waals surface area contributed by atoms with Gasteiger partial charge in [0.25, 0.3) is 0 Å². The maximum absolute atomic E-state index is 11.4. The van der Waals surface area contributed by atoms with Crippen LogP contribution < -0.4 is 0 Å². The normalized spacial score (nSPS) is 12.1. The molecular formula is C12H20O6. The molecule has 104 valence electrons. The molecule has 0 spiro atoms. The van der Waals surface area contributed by atoms with Crippen LogP contribution in [0.3, 0.4) is 0 Å². The maximum atomic E-state index is 11.4. The third kappa shape index (κ3) is 7.03. The number of rotatable bonds is 8. The van der Waals surface area contributed by atoms with Crippen LogP contribution in [0.4, 0.5) is 0 Å². The topological polar surface area (TPSA) is 71.1 Å². The molecule has 0 aliphatic carbocycles. The van der Waals surface area contributed by atoms with Crippen LogP contribution in [-0.2, 0) is 28.5 Å². The second kappa shape index (κ2) is 8.66. The Hall–Kier alpha value is -1.40. The van der Waals surface area contributed by atoms with Gasteiger partial charge < -0.3 is 18.9 Å². The van der Waals surface area contributed by atoms with Crippen LogP contribution in [0.5, 0.6) is 0 Å². The van der Waals surface area contributed by atoms with Crippen molar-refractivity contribution in [1.29, 1.82) is 0 Å². The fourth-order valence-corrected chi connectivity index (χ4v) is 1.09. The standard InChI is InChI=1S/C12H20O6/c1-8(2)12(14)18-9(3)17-10(13)6-7-11(15-4)16-5/h9,11H,1,6-7H2,2-5H3. The molecule has 0 aromatic carbocycles. The van der Waals surface area contributed by atoms with Gasteiger partial charge in [0.1, 0.15) is 0 Å². The maximum Gasteiger partial charge on any atom is 0.336 e. The highest BCUT2D eigenvalue weighted by Gasteiger charge is 2.16. The zero-order chi connectivity index (χ0) is 14.1. The van der Waals surface area contributed by atoms with E-state index >= 15 is 0 Å². The molecule has 0 heterocycles. The summed E-state index contributed by atoms with van der Waals surface area (Å²) in [5.74, 6) is -1.09. The summed E-state index contributed by atoms with van der Waals surface area (Å²) < 4.78 is 19.5. The molecule has 0 aromatic heterocycles. The van der Waals surface area contributed by atoms with Crippen LogP contribution in [0.2, 0.25) is 0 Å². The summed E-state index contributed by atoms with van der Waals surface area (Å²) in [6, 6.07) is 0. The molecule has 0 fully saturated rings. The molecule has 0 aliphatic rings. The highest BCUT2D eigenvalue weighted by Crippen LogP contribution is 2.06. The Morgan fingerprint density at radius 2 is 1.72 bits per heavy atom. The fourth-order valence-electron chi connectivity index (χ4n) is 1.09. The average molecular weight is 260 g/mol. The minimum absolute atomic E-state index is 0.112. The summed E-state index contributed by atoms with van der Waals surface area (Å²) in [5.41, 5.74) is 0.247. The van der Waals surface area contributed by atoms with E-state index in [0.29, 0.717) is 6.42 Å². The molecule has 0 saturated carbocycles. The molecule has 0 rings (SSSR count). The minimum Gasteiger partial charge on any atom is -0.425 e. The Labute approximate surface area is 107 Å². The number of hydrogen-bond donors (Lipinski definition) is 0. The van der Waals surface area contributed by atoms with Gasteiger partial charge in [-0.25, -0.2) is 4.79 Å². The van der Waals surface area contributed by atoms with Gasteiger partial charge in [-0.2, -0.15) is 0 Å². The summed E-state index contributed by atoms with van der Waals surface area (Å²) in [5, 5.41) is 0. The van der Waals surface area contributed by atoms with E-state index in [1.807, 2.05) is 0 Å². The summed E-state index contributed by atoms with van der Waals surface area (Å²) in [6.45, 7) is 6.39. The first-order valence-electron chi connectivity index (χ1n) is 5.52. The Morgan fingerprint density at radius 1 is 1.17 bits per heavy atom. The molecule has 0 aromatic rings. The summed E-state index contributed by atoms with van der Waals surface area (Å²) >= 11 is 0. The number of esters is 2. The Kier molecular flexibility index (Phi) is 7.98. The molecule has 0 bridgehead atoms. The zero-order valence-corrected chi connectivity index (χ0v) is 11.2.